The van der Waals surface area contributed by atoms with Crippen LogP contribution in [0.2, 0.25) is 0 Å². The zero-order valence-corrected chi connectivity index (χ0v) is 21.2. The van der Waals surface area contributed by atoms with Gasteiger partial charge in [0.1, 0.15) is 5.75 Å². The van der Waals surface area contributed by atoms with Crippen molar-refractivity contribution in [3.8, 4) is 5.75 Å². The van der Waals surface area contributed by atoms with Crippen molar-refractivity contribution in [2.75, 3.05) is 5.32 Å². The Balaban J connectivity index is 2.42. The predicted molar refractivity (Wildman–Crippen MR) is 130 cm³/mol. The second kappa shape index (κ2) is 10.2. The summed E-state index contributed by atoms with van der Waals surface area (Å²) >= 11 is 6.37. The molecular formula is C19H18I3NO4. The summed E-state index contributed by atoms with van der Waals surface area (Å²) in [6.45, 7) is 3.88. The van der Waals surface area contributed by atoms with Crippen LogP contribution >= 0.6 is 67.8 Å². The van der Waals surface area contributed by atoms with Crippen LogP contribution in [-0.2, 0) is 9.59 Å². The fourth-order valence-corrected chi connectivity index (χ4v) is 6.24. The quantitative estimate of drug-likeness (QED) is 0.360. The van der Waals surface area contributed by atoms with Crippen LogP contribution in [0, 0.1) is 17.6 Å². The molecular weight excluding hydrogens is 687 g/mol. The first-order valence-electron chi connectivity index (χ1n) is 8.18. The average molecular weight is 705 g/mol. The third-order valence-corrected chi connectivity index (χ3v) is 6.39. The van der Waals surface area contributed by atoms with Crippen molar-refractivity contribution in [1.29, 1.82) is 0 Å². The lowest BCUT2D eigenvalue weighted by Gasteiger charge is -2.20. The standard InChI is InChI=1S/C19H18I3NO4/c1-3-4-14(24)23-16-12(20)9-13(21)18(15(16)22)27-17(19(25)26)11-7-5-10(2)6-8-11/h5-9,17H,3-4H2,1-2H3,(H,23,24)(H,25,26). The zero-order chi connectivity index (χ0) is 20.1. The number of hydrogen-bond acceptors (Lipinski definition) is 3. The smallest absolute Gasteiger partial charge is 0.349 e. The van der Waals surface area contributed by atoms with Gasteiger partial charge in [-0.25, -0.2) is 4.79 Å². The van der Waals surface area contributed by atoms with Gasteiger partial charge in [-0.05, 0) is 87.2 Å². The van der Waals surface area contributed by atoms with E-state index in [1.165, 1.54) is 0 Å². The molecule has 0 aliphatic heterocycles. The molecule has 0 aromatic heterocycles. The number of carbonyl (C=O) groups is 2. The summed E-state index contributed by atoms with van der Waals surface area (Å²) in [5, 5.41) is 12.6. The molecule has 27 heavy (non-hydrogen) atoms. The van der Waals surface area contributed by atoms with Gasteiger partial charge in [-0.3, -0.25) is 4.79 Å². The number of carbonyl (C=O) groups excluding carboxylic acids is 1. The highest BCUT2D eigenvalue weighted by molar-refractivity contribution is 14.1. The first-order valence-corrected chi connectivity index (χ1v) is 11.4. The Morgan fingerprint density at radius 2 is 1.78 bits per heavy atom. The molecule has 0 saturated heterocycles. The highest BCUT2D eigenvalue weighted by atomic mass is 127. The maximum absolute atomic E-state index is 12.0. The summed E-state index contributed by atoms with van der Waals surface area (Å²) in [5.41, 5.74) is 2.26. The molecule has 0 bridgehead atoms. The summed E-state index contributed by atoms with van der Waals surface area (Å²) < 4.78 is 8.28. The molecule has 5 nitrogen and oxygen atoms in total. The molecule has 0 aliphatic carbocycles. The Hall–Kier alpha value is -0.630. The number of hydrogen-bond donors (Lipinski definition) is 2. The minimum Gasteiger partial charge on any atom is -0.478 e. The number of aryl methyl sites for hydroxylation is 1. The van der Waals surface area contributed by atoms with Crippen LogP contribution < -0.4 is 10.1 Å². The van der Waals surface area contributed by atoms with Crippen molar-refractivity contribution in [2.45, 2.75) is 32.8 Å². The topological polar surface area (TPSA) is 75.6 Å². The van der Waals surface area contributed by atoms with Crippen LogP contribution in [-0.4, -0.2) is 17.0 Å². The van der Waals surface area contributed by atoms with Gasteiger partial charge in [0.25, 0.3) is 0 Å². The van der Waals surface area contributed by atoms with Crippen LogP contribution in [0.1, 0.15) is 37.0 Å². The van der Waals surface area contributed by atoms with E-state index in [9.17, 15) is 14.7 Å². The van der Waals surface area contributed by atoms with E-state index in [0.717, 1.165) is 19.1 Å². The van der Waals surface area contributed by atoms with Crippen LogP contribution in [0.3, 0.4) is 0 Å². The largest absolute Gasteiger partial charge is 0.478 e. The monoisotopic (exact) mass is 705 g/mol. The Kier molecular flexibility index (Phi) is 8.59. The summed E-state index contributed by atoms with van der Waals surface area (Å²) in [6.07, 6.45) is 0.0448. The van der Waals surface area contributed by atoms with Gasteiger partial charge in [0.15, 0.2) is 0 Å². The van der Waals surface area contributed by atoms with Crippen molar-refractivity contribution < 1.29 is 19.4 Å². The number of halogens is 3. The summed E-state index contributed by atoms with van der Waals surface area (Å²) in [6, 6.07) is 9.09. The van der Waals surface area contributed by atoms with E-state index in [1.807, 2.05) is 32.0 Å². The normalized spacial score (nSPS) is 11.7. The number of aliphatic carboxylic acids is 1. The SMILES string of the molecule is CCCC(=O)Nc1c(I)cc(I)c(OC(C(=O)O)c2ccc(C)cc2)c1I. The summed E-state index contributed by atoms with van der Waals surface area (Å²) in [4.78, 5) is 23.9. The molecule has 2 rings (SSSR count). The van der Waals surface area contributed by atoms with Crippen molar-refractivity contribution >= 4 is 85.3 Å². The molecule has 2 aromatic rings. The van der Waals surface area contributed by atoms with Gasteiger partial charge in [0.05, 0.1) is 12.8 Å². The number of nitrogens with one attached hydrogen (secondary N) is 1. The maximum Gasteiger partial charge on any atom is 0.349 e. The third-order valence-electron chi connectivity index (χ3n) is 3.71. The van der Waals surface area contributed by atoms with Gasteiger partial charge < -0.3 is 15.2 Å². The number of benzene rings is 2. The lowest BCUT2D eigenvalue weighted by Crippen LogP contribution is -2.20. The Labute approximate surface area is 199 Å². The number of ether oxygens (including phenoxy) is 1. The number of anilines is 1. The number of carboxylic acids is 1. The van der Waals surface area contributed by atoms with E-state index in [1.54, 1.807) is 12.1 Å². The highest BCUT2D eigenvalue weighted by Crippen LogP contribution is 2.39. The molecule has 0 fully saturated rings. The second-order valence-electron chi connectivity index (χ2n) is 5.90. The zero-order valence-electron chi connectivity index (χ0n) is 14.7. The van der Waals surface area contributed by atoms with Gasteiger partial charge in [0.2, 0.25) is 12.0 Å². The van der Waals surface area contributed by atoms with E-state index in [-0.39, 0.29) is 5.91 Å². The molecule has 0 heterocycles. The average Bonchev–Trinajstić information content (AvgIpc) is 2.59. The van der Waals surface area contributed by atoms with Crippen molar-refractivity contribution in [1.82, 2.24) is 0 Å². The van der Waals surface area contributed by atoms with Gasteiger partial charge >= 0.3 is 5.97 Å². The number of carboxylic acid groups (broad SMARTS) is 1. The first kappa shape index (κ1) is 22.7. The maximum atomic E-state index is 12.0. The van der Waals surface area contributed by atoms with E-state index < -0.39 is 12.1 Å². The van der Waals surface area contributed by atoms with Gasteiger partial charge in [-0.2, -0.15) is 0 Å². The van der Waals surface area contributed by atoms with Gasteiger partial charge in [-0.15, -0.1) is 0 Å². The number of amides is 1. The summed E-state index contributed by atoms with van der Waals surface area (Å²) in [7, 11) is 0. The molecule has 0 saturated carbocycles. The van der Waals surface area contributed by atoms with Crippen molar-refractivity contribution in [3.63, 3.8) is 0 Å². The van der Waals surface area contributed by atoms with Crippen LogP contribution in [0.25, 0.3) is 0 Å². The predicted octanol–water partition coefficient (Wildman–Crippen LogP) is 5.75. The van der Waals surface area contributed by atoms with E-state index >= 15 is 0 Å². The molecule has 1 amide bonds. The molecule has 1 unspecified atom stereocenters. The fourth-order valence-electron chi connectivity index (χ4n) is 2.34. The van der Waals surface area contributed by atoms with Crippen LogP contribution in [0.4, 0.5) is 5.69 Å². The summed E-state index contributed by atoms with van der Waals surface area (Å²) in [5.74, 6) is -0.689. The molecule has 144 valence electrons. The molecule has 0 spiro atoms. The van der Waals surface area contributed by atoms with Gasteiger partial charge in [0, 0.05) is 15.6 Å². The molecule has 8 heteroatoms. The van der Waals surface area contributed by atoms with Gasteiger partial charge in [-0.1, -0.05) is 36.8 Å². The Morgan fingerprint density at radius 3 is 2.33 bits per heavy atom. The first-order chi connectivity index (χ1) is 12.7. The molecule has 0 aliphatic rings. The molecule has 0 radical (unpaired) electrons. The second-order valence-corrected chi connectivity index (χ2v) is 9.31. The van der Waals surface area contributed by atoms with Crippen molar-refractivity contribution in [2.24, 2.45) is 0 Å². The van der Waals surface area contributed by atoms with Crippen LogP contribution in [0.5, 0.6) is 5.75 Å². The number of rotatable bonds is 7. The highest BCUT2D eigenvalue weighted by Gasteiger charge is 2.26. The van der Waals surface area contributed by atoms with Crippen molar-refractivity contribution in [3.05, 3.63) is 52.2 Å². The minimum atomic E-state index is -1.13. The molecule has 2 N–H and O–H groups in total. The lowest BCUT2D eigenvalue weighted by molar-refractivity contribution is -0.145. The third kappa shape index (κ3) is 5.92. The Morgan fingerprint density at radius 1 is 1.15 bits per heavy atom. The lowest BCUT2D eigenvalue weighted by atomic mass is 10.1. The minimum absolute atomic E-state index is 0.0752. The molecule has 1 atom stereocenters. The van der Waals surface area contributed by atoms with E-state index in [0.29, 0.717) is 27.0 Å². The Bertz CT molecular complexity index is 853. The van der Waals surface area contributed by atoms with E-state index in [4.69, 9.17) is 4.74 Å². The van der Waals surface area contributed by atoms with E-state index in [2.05, 4.69) is 73.1 Å². The van der Waals surface area contributed by atoms with Crippen LogP contribution in [0.15, 0.2) is 30.3 Å². The fraction of sp³-hybridized carbons (Fsp3) is 0.263. The molecule has 2 aromatic carbocycles.